The van der Waals surface area contributed by atoms with Crippen LogP contribution in [0.3, 0.4) is 0 Å². The molecule has 260 valence electrons. The van der Waals surface area contributed by atoms with Crippen molar-refractivity contribution in [3.63, 3.8) is 0 Å². The van der Waals surface area contributed by atoms with Gasteiger partial charge in [0.25, 0.3) is 0 Å². The number of pyridine rings is 1. The lowest BCUT2D eigenvalue weighted by molar-refractivity contribution is -0.160. The number of carboxylic acids is 1. The van der Waals surface area contributed by atoms with Gasteiger partial charge in [-0.15, -0.1) is 0 Å². The first-order chi connectivity index (χ1) is 23.2. The Morgan fingerprint density at radius 3 is 2.45 bits per heavy atom. The van der Waals surface area contributed by atoms with Crippen LogP contribution in [0.15, 0.2) is 60.8 Å². The highest BCUT2D eigenvalue weighted by Crippen LogP contribution is 2.40. The molecule has 3 aliphatic heterocycles. The van der Waals surface area contributed by atoms with Gasteiger partial charge < -0.3 is 24.2 Å². The van der Waals surface area contributed by atoms with Gasteiger partial charge in [-0.05, 0) is 121 Å². The topological polar surface area (TPSA) is 85.5 Å². The zero-order valence-corrected chi connectivity index (χ0v) is 30.3. The monoisotopic (exact) mass is 665 g/mol. The summed E-state index contributed by atoms with van der Waals surface area (Å²) in [5.41, 5.74) is 7.59. The fourth-order valence-corrected chi connectivity index (χ4v) is 6.95. The maximum atomic E-state index is 12.9. The van der Waals surface area contributed by atoms with E-state index in [1.807, 2.05) is 40.0 Å². The number of imidazole rings is 1. The molecular weight excluding hydrogens is 614 g/mol. The zero-order chi connectivity index (χ0) is 35.1. The highest BCUT2D eigenvalue weighted by molar-refractivity contribution is 5.81. The van der Waals surface area contributed by atoms with Crippen molar-refractivity contribution in [3.05, 3.63) is 83.1 Å². The number of hydrogen-bond donors (Lipinski definition) is 1. The van der Waals surface area contributed by atoms with Crippen LogP contribution in [0, 0.1) is 20.8 Å². The maximum Gasteiger partial charge on any atom is 0.337 e. The number of benzene rings is 2. The van der Waals surface area contributed by atoms with Crippen molar-refractivity contribution < 1.29 is 24.1 Å². The van der Waals surface area contributed by atoms with Crippen molar-refractivity contribution >= 4 is 17.4 Å². The van der Waals surface area contributed by atoms with E-state index in [0.717, 1.165) is 70.8 Å². The van der Waals surface area contributed by atoms with Crippen molar-refractivity contribution in [3.8, 4) is 28.1 Å². The highest BCUT2D eigenvalue weighted by Gasteiger charge is 2.37. The first-order valence-corrected chi connectivity index (χ1v) is 17.6. The lowest BCUT2D eigenvalue weighted by Gasteiger charge is -2.41. The van der Waals surface area contributed by atoms with Crippen LogP contribution in [-0.2, 0) is 14.3 Å². The van der Waals surface area contributed by atoms with Gasteiger partial charge in [0.15, 0.2) is 6.10 Å². The van der Waals surface area contributed by atoms with Gasteiger partial charge in [-0.2, -0.15) is 0 Å². The molecule has 4 aromatic rings. The first kappa shape index (κ1) is 34.7. The number of aromatic nitrogens is 2. The molecule has 2 aromatic carbocycles. The number of aliphatic carboxylic acids is 1. The normalized spacial score (nSPS) is 20.9. The third-order valence-electron chi connectivity index (χ3n) is 9.81. The summed E-state index contributed by atoms with van der Waals surface area (Å²) in [6.07, 6.45) is 8.55. The molecule has 7 rings (SSSR count). The van der Waals surface area contributed by atoms with E-state index in [4.69, 9.17) is 19.2 Å². The molecule has 8 nitrogen and oxygen atoms in total. The summed E-state index contributed by atoms with van der Waals surface area (Å²) in [4.78, 5) is 20.3. The van der Waals surface area contributed by atoms with Crippen LogP contribution >= 0.6 is 0 Å². The molecule has 1 fully saturated rings. The smallest absolute Gasteiger partial charge is 0.337 e. The minimum atomic E-state index is -1.15. The molecule has 49 heavy (non-hydrogen) atoms. The van der Waals surface area contributed by atoms with Crippen LogP contribution in [0.1, 0.15) is 88.7 Å². The summed E-state index contributed by atoms with van der Waals surface area (Å²) in [7, 11) is 0. The summed E-state index contributed by atoms with van der Waals surface area (Å²) in [6, 6.07) is 14.8. The van der Waals surface area contributed by atoms with Crippen LogP contribution in [0.5, 0.6) is 5.75 Å². The Kier molecular flexibility index (Phi) is 9.66. The van der Waals surface area contributed by atoms with Crippen LogP contribution in [0.4, 0.5) is 5.82 Å². The largest absolute Gasteiger partial charge is 0.490 e. The van der Waals surface area contributed by atoms with Crippen molar-refractivity contribution in [1.29, 1.82) is 0 Å². The Bertz CT molecular complexity index is 1880. The fourth-order valence-electron chi connectivity index (χ4n) is 6.95. The lowest BCUT2D eigenvalue weighted by atomic mass is 9.92. The molecule has 2 atom stereocenters. The third-order valence-corrected chi connectivity index (χ3v) is 9.81. The molecule has 0 radical (unpaired) electrons. The Labute approximate surface area is 290 Å². The van der Waals surface area contributed by atoms with Gasteiger partial charge in [0, 0.05) is 42.4 Å². The fraction of sp³-hybridized carbons (Fsp3) is 0.463. The molecule has 0 aliphatic carbocycles. The molecule has 3 aliphatic rings. The molecule has 1 saturated heterocycles. The number of aryl methyl sites for hydroxylation is 3. The number of fused-ring (bicyclic) bond motifs is 8. The molecule has 8 heteroatoms. The number of hydrogen-bond acceptors (Lipinski definition) is 6. The quantitative estimate of drug-likeness (QED) is 0.219. The van der Waals surface area contributed by atoms with E-state index < -0.39 is 17.7 Å². The predicted octanol–water partition coefficient (Wildman–Crippen LogP) is 9.03. The summed E-state index contributed by atoms with van der Waals surface area (Å²) >= 11 is 0. The summed E-state index contributed by atoms with van der Waals surface area (Å²) in [6.45, 7) is 18.3. The minimum Gasteiger partial charge on any atom is -0.490 e. The number of carbonyl (C=O) groups is 1. The average Bonchev–Trinajstić information content (AvgIpc) is 3.46. The average molecular weight is 666 g/mol. The van der Waals surface area contributed by atoms with Crippen molar-refractivity contribution in [1.82, 2.24) is 9.38 Å². The number of anilines is 1. The van der Waals surface area contributed by atoms with Gasteiger partial charge in [0.1, 0.15) is 17.2 Å². The Balaban J connectivity index is 1.54. The second kappa shape index (κ2) is 13.6. The molecule has 6 bridgehead atoms. The van der Waals surface area contributed by atoms with Gasteiger partial charge >= 0.3 is 5.97 Å². The van der Waals surface area contributed by atoms with E-state index >= 15 is 0 Å². The van der Waals surface area contributed by atoms with Crippen LogP contribution < -0.4 is 9.64 Å². The molecular formula is C41H51N3O5. The van der Waals surface area contributed by atoms with E-state index in [-0.39, 0.29) is 11.7 Å². The standard InChI is InChI=1S/C41H51N3O5/c1-26-21-32-30-14-12-15-31(24-30)33-25-44-35(42-33)23-28(3)36(37(39(45)46)49-40(5,6)7)38(44)43-18-16-41(8,17-19-43)47-20-11-9-10-13-29(4)48-34(32)22-27(26)2/h9-10,12,14-15,21-25,29,37H,11,13,16-20H2,1-8H3,(H,45,46)/t29-,37-/m0/s1. The number of nitrogens with zero attached hydrogens (tertiary/aromatic N) is 3. The van der Waals surface area contributed by atoms with Crippen molar-refractivity contribution in [2.24, 2.45) is 0 Å². The Morgan fingerprint density at radius 2 is 1.73 bits per heavy atom. The predicted molar refractivity (Wildman–Crippen MR) is 196 cm³/mol. The van der Waals surface area contributed by atoms with Crippen molar-refractivity contribution in [2.45, 2.75) is 104 Å². The SMILES string of the molecule is Cc1cc2c(cc1C)-c1cccc(c1)-c1cn3c(c([C@H](OC(C)(C)C)C(=O)O)c(C)cc3n1)N1CCC(C)(CC1)OCCC=CC[C@H](C)O2. The van der Waals surface area contributed by atoms with E-state index in [2.05, 4.69) is 85.5 Å². The van der Waals surface area contributed by atoms with Gasteiger partial charge in [-0.1, -0.05) is 30.4 Å². The van der Waals surface area contributed by atoms with Crippen LogP contribution in [0.2, 0.25) is 0 Å². The zero-order valence-electron chi connectivity index (χ0n) is 30.3. The summed E-state index contributed by atoms with van der Waals surface area (Å²) < 4.78 is 21.4. The third kappa shape index (κ3) is 7.55. The van der Waals surface area contributed by atoms with Crippen molar-refractivity contribution in [2.75, 3.05) is 24.6 Å². The number of piperidine rings is 1. The number of rotatable bonds is 3. The highest BCUT2D eigenvalue weighted by atomic mass is 16.5. The van der Waals surface area contributed by atoms with Gasteiger partial charge in [-0.3, -0.25) is 4.40 Å². The van der Waals surface area contributed by atoms with E-state index in [0.29, 0.717) is 25.3 Å². The minimum absolute atomic E-state index is 0.00310. The molecule has 2 aromatic heterocycles. The molecule has 0 saturated carbocycles. The molecule has 0 spiro atoms. The molecule has 0 unspecified atom stereocenters. The van der Waals surface area contributed by atoms with E-state index in [1.54, 1.807) is 0 Å². The van der Waals surface area contributed by atoms with Gasteiger partial charge in [0.05, 0.1) is 29.6 Å². The lowest BCUT2D eigenvalue weighted by Crippen LogP contribution is -2.45. The summed E-state index contributed by atoms with van der Waals surface area (Å²) in [5, 5.41) is 10.6. The Hall–Kier alpha value is -4.14. The van der Waals surface area contributed by atoms with Gasteiger partial charge in [-0.25, -0.2) is 9.78 Å². The van der Waals surface area contributed by atoms with E-state index in [1.165, 1.54) is 11.1 Å². The summed E-state index contributed by atoms with van der Waals surface area (Å²) in [5.74, 6) is 0.669. The van der Waals surface area contributed by atoms with Gasteiger partial charge in [0.2, 0.25) is 0 Å². The second-order valence-corrected chi connectivity index (χ2v) is 15.1. The molecule has 1 N–H and O–H groups in total. The first-order valence-electron chi connectivity index (χ1n) is 17.6. The molecule has 5 heterocycles. The number of ether oxygens (including phenoxy) is 3. The number of carboxylic acid groups (broad SMARTS) is 1. The Morgan fingerprint density at radius 1 is 1.02 bits per heavy atom. The van der Waals surface area contributed by atoms with Crippen LogP contribution in [-0.4, -0.2) is 57.5 Å². The second-order valence-electron chi connectivity index (χ2n) is 15.1. The van der Waals surface area contributed by atoms with Crippen LogP contribution in [0.25, 0.3) is 28.0 Å². The molecule has 0 amide bonds. The maximum absolute atomic E-state index is 12.9. The van der Waals surface area contributed by atoms with E-state index in [9.17, 15) is 9.90 Å².